The summed E-state index contributed by atoms with van der Waals surface area (Å²) in [4.78, 5) is 47.3. The molecule has 0 aliphatic carbocycles. The van der Waals surface area contributed by atoms with Crippen LogP contribution in [0.5, 0.6) is 0 Å². The number of hydrogen-bond acceptors (Lipinski definition) is 8. The molecule has 1 amide bonds. The summed E-state index contributed by atoms with van der Waals surface area (Å²) in [5, 5.41) is 2.44. The number of methoxy groups -OCH3 is 2. The molecule has 1 N–H and O–H groups in total. The van der Waals surface area contributed by atoms with Gasteiger partial charge in [-0.15, -0.1) is 0 Å². The maximum atomic E-state index is 12.0. The molecule has 2 rings (SSSR count). The van der Waals surface area contributed by atoms with Gasteiger partial charge in [0.05, 0.1) is 31.6 Å². The molecule has 0 fully saturated rings. The third-order valence-corrected chi connectivity index (χ3v) is 3.47. The predicted octanol–water partition coefficient (Wildman–Crippen LogP) is 1.96. The number of aryl methyl sites for hydroxylation is 1. The first-order valence-corrected chi connectivity index (χ1v) is 7.68. The normalized spacial score (nSPS) is 10.0. The van der Waals surface area contributed by atoms with E-state index in [9.17, 15) is 19.2 Å². The molecule has 0 saturated carbocycles. The van der Waals surface area contributed by atoms with Gasteiger partial charge >= 0.3 is 17.9 Å². The van der Waals surface area contributed by atoms with E-state index in [0.717, 1.165) is 0 Å². The molecule has 0 atom stereocenters. The van der Waals surface area contributed by atoms with Gasteiger partial charge in [0.15, 0.2) is 6.61 Å². The molecule has 1 aromatic heterocycles. The number of benzene rings is 1. The Balaban J connectivity index is 2.09. The molecular formula is C18H17NO8. The van der Waals surface area contributed by atoms with Gasteiger partial charge in [0, 0.05) is 5.69 Å². The highest BCUT2D eigenvalue weighted by atomic mass is 16.5. The van der Waals surface area contributed by atoms with Gasteiger partial charge in [0.25, 0.3) is 5.91 Å². The van der Waals surface area contributed by atoms with Crippen LogP contribution in [0.4, 0.5) is 5.69 Å². The van der Waals surface area contributed by atoms with E-state index in [0.29, 0.717) is 5.76 Å². The molecule has 2 aromatic rings. The number of amides is 1. The van der Waals surface area contributed by atoms with Crippen molar-refractivity contribution in [3.8, 4) is 0 Å². The van der Waals surface area contributed by atoms with Crippen LogP contribution in [0.25, 0.3) is 0 Å². The van der Waals surface area contributed by atoms with Crippen molar-refractivity contribution >= 4 is 29.5 Å². The summed E-state index contributed by atoms with van der Waals surface area (Å²) in [6.45, 7) is 1.02. The van der Waals surface area contributed by atoms with Crippen LogP contribution >= 0.6 is 0 Å². The van der Waals surface area contributed by atoms with Crippen molar-refractivity contribution in [1.82, 2.24) is 0 Å². The molecule has 0 aliphatic heterocycles. The van der Waals surface area contributed by atoms with E-state index in [-0.39, 0.29) is 22.4 Å². The second-order valence-corrected chi connectivity index (χ2v) is 5.30. The lowest BCUT2D eigenvalue weighted by Crippen LogP contribution is -2.21. The summed E-state index contributed by atoms with van der Waals surface area (Å²) in [5.74, 6) is -2.40. The molecule has 142 valence electrons. The second kappa shape index (κ2) is 8.65. The van der Waals surface area contributed by atoms with Gasteiger partial charge < -0.3 is 23.9 Å². The average Bonchev–Trinajstić information content (AvgIpc) is 3.10. The van der Waals surface area contributed by atoms with Crippen molar-refractivity contribution in [3.63, 3.8) is 0 Å². The molecule has 0 radical (unpaired) electrons. The number of nitrogens with one attached hydrogen (secondary N) is 1. The number of anilines is 1. The van der Waals surface area contributed by atoms with Crippen molar-refractivity contribution in [1.29, 1.82) is 0 Å². The van der Waals surface area contributed by atoms with Gasteiger partial charge in [-0.2, -0.15) is 0 Å². The molecular weight excluding hydrogens is 358 g/mol. The Morgan fingerprint density at radius 2 is 1.56 bits per heavy atom. The Bertz CT molecular complexity index is 849. The summed E-state index contributed by atoms with van der Waals surface area (Å²) in [6, 6.07) is 5.34. The fourth-order valence-corrected chi connectivity index (χ4v) is 2.17. The molecule has 9 nitrogen and oxygen atoms in total. The maximum Gasteiger partial charge on any atom is 0.342 e. The molecule has 0 aliphatic rings. The summed E-state index contributed by atoms with van der Waals surface area (Å²) in [6.07, 6.45) is 1.33. The third-order valence-electron chi connectivity index (χ3n) is 3.47. The molecule has 1 heterocycles. The van der Waals surface area contributed by atoms with Crippen LogP contribution in [-0.2, 0) is 19.0 Å². The first-order chi connectivity index (χ1) is 12.8. The second-order valence-electron chi connectivity index (χ2n) is 5.30. The van der Waals surface area contributed by atoms with E-state index in [1.165, 1.54) is 44.7 Å². The molecule has 0 saturated heterocycles. The molecule has 0 spiro atoms. The van der Waals surface area contributed by atoms with Crippen molar-refractivity contribution in [2.24, 2.45) is 0 Å². The molecule has 9 heteroatoms. The Labute approximate surface area is 154 Å². The van der Waals surface area contributed by atoms with Gasteiger partial charge in [0.1, 0.15) is 11.3 Å². The highest BCUT2D eigenvalue weighted by Gasteiger charge is 2.17. The van der Waals surface area contributed by atoms with Crippen molar-refractivity contribution < 1.29 is 37.8 Å². The lowest BCUT2D eigenvalue weighted by Gasteiger charge is -2.10. The van der Waals surface area contributed by atoms with Gasteiger partial charge in [-0.25, -0.2) is 14.4 Å². The number of hydrogen-bond donors (Lipinski definition) is 1. The first-order valence-electron chi connectivity index (χ1n) is 7.68. The summed E-state index contributed by atoms with van der Waals surface area (Å²) >= 11 is 0. The first kappa shape index (κ1) is 19.7. The van der Waals surface area contributed by atoms with E-state index < -0.39 is 30.4 Å². The van der Waals surface area contributed by atoms with Crippen LogP contribution in [0.2, 0.25) is 0 Å². The largest absolute Gasteiger partial charge is 0.469 e. The topological polar surface area (TPSA) is 121 Å². The van der Waals surface area contributed by atoms with Crippen LogP contribution in [0, 0.1) is 6.92 Å². The fourth-order valence-electron chi connectivity index (χ4n) is 2.17. The zero-order valence-corrected chi connectivity index (χ0v) is 14.9. The van der Waals surface area contributed by atoms with E-state index in [4.69, 9.17) is 9.15 Å². The summed E-state index contributed by atoms with van der Waals surface area (Å²) < 4.78 is 19.1. The van der Waals surface area contributed by atoms with Crippen molar-refractivity contribution in [2.75, 3.05) is 26.1 Å². The molecule has 0 bridgehead atoms. The number of esters is 3. The minimum atomic E-state index is -0.713. The zero-order chi connectivity index (χ0) is 20.0. The van der Waals surface area contributed by atoms with E-state index >= 15 is 0 Å². The van der Waals surface area contributed by atoms with Crippen LogP contribution in [0.15, 0.2) is 34.9 Å². The SMILES string of the molecule is COC(=O)c1cc(NC(=O)COC(=O)c2ccoc2C)cc(C(=O)OC)c1. The Morgan fingerprint density at radius 3 is 2.04 bits per heavy atom. The number of rotatable bonds is 6. The number of furan rings is 1. The van der Waals surface area contributed by atoms with Crippen molar-refractivity contribution in [3.05, 3.63) is 53.0 Å². The zero-order valence-electron chi connectivity index (χ0n) is 14.9. The van der Waals surface area contributed by atoms with E-state index in [1.807, 2.05) is 0 Å². The monoisotopic (exact) mass is 375 g/mol. The summed E-state index contributed by atoms with van der Waals surface area (Å²) in [5.41, 5.74) is 0.436. The lowest BCUT2D eigenvalue weighted by atomic mass is 10.1. The molecule has 1 aromatic carbocycles. The highest BCUT2D eigenvalue weighted by Crippen LogP contribution is 2.17. The van der Waals surface area contributed by atoms with Gasteiger partial charge in [-0.1, -0.05) is 0 Å². The van der Waals surface area contributed by atoms with E-state index in [1.54, 1.807) is 6.92 Å². The fraction of sp³-hybridized carbons (Fsp3) is 0.222. The highest BCUT2D eigenvalue weighted by molar-refractivity contribution is 6.00. The maximum absolute atomic E-state index is 12.0. The lowest BCUT2D eigenvalue weighted by molar-refractivity contribution is -0.119. The minimum Gasteiger partial charge on any atom is -0.469 e. The average molecular weight is 375 g/mol. The number of carbonyl (C=O) groups is 4. The smallest absolute Gasteiger partial charge is 0.342 e. The Hall–Kier alpha value is -3.62. The summed E-state index contributed by atoms with van der Waals surface area (Å²) in [7, 11) is 2.37. The van der Waals surface area contributed by atoms with Crippen LogP contribution in [0.1, 0.15) is 36.8 Å². The number of carbonyl (C=O) groups excluding carboxylic acids is 4. The van der Waals surface area contributed by atoms with Gasteiger partial charge in [-0.05, 0) is 31.2 Å². The van der Waals surface area contributed by atoms with Crippen LogP contribution < -0.4 is 5.32 Å². The van der Waals surface area contributed by atoms with Crippen LogP contribution in [-0.4, -0.2) is 44.6 Å². The van der Waals surface area contributed by atoms with Crippen molar-refractivity contribution in [2.45, 2.75) is 6.92 Å². The quantitative estimate of drug-likeness (QED) is 0.601. The Kier molecular flexibility index (Phi) is 6.32. The van der Waals surface area contributed by atoms with Gasteiger partial charge in [0.2, 0.25) is 0 Å². The predicted molar refractivity (Wildman–Crippen MR) is 91.5 cm³/mol. The van der Waals surface area contributed by atoms with Crippen LogP contribution in [0.3, 0.4) is 0 Å². The number of ether oxygens (including phenoxy) is 3. The Morgan fingerprint density at radius 1 is 0.963 bits per heavy atom. The molecule has 0 unspecified atom stereocenters. The third kappa shape index (κ3) is 4.94. The van der Waals surface area contributed by atoms with E-state index in [2.05, 4.69) is 14.8 Å². The standard InChI is InChI=1S/C18H17NO8/c1-10-14(4-5-26-10)18(23)27-9-15(20)19-13-7-11(16(21)24-2)6-12(8-13)17(22)25-3/h4-8H,9H2,1-3H3,(H,19,20). The minimum absolute atomic E-state index is 0.0433. The van der Waals surface area contributed by atoms with Gasteiger partial charge in [-0.3, -0.25) is 4.79 Å². The molecule has 27 heavy (non-hydrogen) atoms.